The van der Waals surface area contributed by atoms with Gasteiger partial charge in [0, 0.05) is 5.92 Å². The summed E-state index contributed by atoms with van der Waals surface area (Å²) in [5, 5.41) is 3.02. The fourth-order valence-electron chi connectivity index (χ4n) is 1.82. The van der Waals surface area contributed by atoms with Crippen LogP contribution in [0.25, 0.3) is 0 Å². The molecule has 1 aromatic heterocycles. The number of hydrogen-bond acceptors (Lipinski definition) is 3. The monoisotopic (exact) mass is 225 g/mol. The number of hydrogen-bond donors (Lipinski definition) is 1. The van der Waals surface area contributed by atoms with Gasteiger partial charge in [-0.15, -0.1) is 0 Å². The minimum Gasteiger partial charge on any atom is -0.309 e. The van der Waals surface area contributed by atoms with Gasteiger partial charge in [0.1, 0.15) is 5.15 Å². The molecule has 0 spiro atoms. The molecule has 15 heavy (non-hydrogen) atoms. The van der Waals surface area contributed by atoms with Crippen LogP contribution in [0.2, 0.25) is 5.15 Å². The molecule has 1 fully saturated rings. The number of aromatic nitrogens is 2. The summed E-state index contributed by atoms with van der Waals surface area (Å²) in [7, 11) is 0. The molecule has 1 amide bonds. The van der Waals surface area contributed by atoms with Gasteiger partial charge in [0.15, 0.2) is 5.82 Å². The molecular weight excluding hydrogens is 214 g/mol. The van der Waals surface area contributed by atoms with Crippen LogP contribution in [0, 0.1) is 5.92 Å². The van der Waals surface area contributed by atoms with Crippen molar-refractivity contribution in [3.05, 3.63) is 17.5 Å². The van der Waals surface area contributed by atoms with Gasteiger partial charge < -0.3 is 5.32 Å². The first-order valence-corrected chi connectivity index (χ1v) is 5.42. The Morgan fingerprint density at radius 2 is 2.13 bits per heavy atom. The van der Waals surface area contributed by atoms with Gasteiger partial charge in [-0.25, -0.2) is 4.98 Å². The summed E-state index contributed by atoms with van der Waals surface area (Å²) in [5.41, 5.74) is 0. The van der Waals surface area contributed by atoms with Gasteiger partial charge in [-0.05, 0) is 12.8 Å². The quantitative estimate of drug-likeness (QED) is 0.840. The zero-order valence-electron chi connectivity index (χ0n) is 8.24. The minimum absolute atomic E-state index is 0.0315. The lowest BCUT2D eigenvalue weighted by molar-refractivity contribution is -0.119. The van der Waals surface area contributed by atoms with Gasteiger partial charge in [0.25, 0.3) is 0 Å². The van der Waals surface area contributed by atoms with Crippen molar-refractivity contribution in [3.8, 4) is 0 Å². The summed E-state index contributed by atoms with van der Waals surface area (Å²) < 4.78 is 0. The summed E-state index contributed by atoms with van der Waals surface area (Å²) >= 11 is 5.66. The van der Waals surface area contributed by atoms with Crippen molar-refractivity contribution in [1.82, 2.24) is 9.97 Å². The second-order valence-electron chi connectivity index (χ2n) is 3.70. The second kappa shape index (κ2) is 4.57. The van der Waals surface area contributed by atoms with Crippen LogP contribution in [0.1, 0.15) is 25.7 Å². The molecule has 80 valence electrons. The molecule has 0 atom stereocenters. The molecule has 0 bridgehead atoms. The number of nitrogens with one attached hydrogen (secondary N) is 1. The molecule has 1 aromatic rings. The van der Waals surface area contributed by atoms with E-state index in [9.17, 15) is 4.79 Å². The van der Waals surface area contributed by atoms with Crippen LogP contribution in [0.3, 0.4) is 0 Å². The lowest BCUT2D eigenvalue weighted by Crippen LogP contribution is -2.20. The Morgan fingerprint density at radius 3 is 2.80 bits per heavy atom. The van der Waals surface area contributed by atoms with Gasteiger partial charge in [0.05, 0.1) is 12.4 Å². The first-order chi connectivity index (χ1) is 7.25. The Morgan fingerprint density at radius 1 is 1.40 bits per heavy atom. The van der Waals surface area contributed by atoms with Crippen molar-refractivity contribution in [2.24, 2.45) is 5.92 Å². The van der Waals surface area contributed by atoms with Crippen LogP contribution in [0.5, 0.6) is 0 Å². The van der Waals surface area contributed by atoms with E-state index in [1.165, 1.54) is 12.4 Å². The van der Waals surface area contributed by atoms with E-state index >= 15 is 0 Å². The summed E-state index contributed by atoms with van der Waals surface area (Å²) in [4.78, 5) is 19.5. The van der Waals surface area contributed by atoms with Crippen LogP contribution in [-0.4, -0.2) is 15.9 Å². The number of carbonyl (C=O) groups is 1. The third kappa shape index (κ3) is 2.65. The average Bonchev–Trinajstić information content (AvgIpc) is 2.70. The van der Waals surface area contributed by atoms with Crippen LogP contribution in [0.4, 0.5) is 5.82 Å². The van der Waals surface area contributed by atoms with Crippen LogP contribution >= 0.6 is 11.6 Å². The predicted molar refractivity (Wildman–Crippen MR) is 57.6 cm³/mol. The van der Waals surface area contributed by atoms with Gasteiger partial charge in [-0.2, -0.15) is 0 Å². The Kier molecular flexibility index (Phi) is 3.16. The number of amides is 1. The lowest BCUT2D eigenvalue weighted by Gasteiger charge is -2.08. The summed E-state index contributed by atoms with van der Waals surface area (Å²) in [5.74, 6) is 0.592. The molecule has 2 rings (SSSR count). The first-order valence-electron chi connectivity index (χ1n) is 5.04. The maximum atomic E-state index is 11.7. The predicted octanol–water partition coefficient (Wildman–Crippen LogP) is 2.26. The topological polar surface area (TPSA) is 54.9 Å². The van der Waals surface area contributed by atoms with Gasteiger partial charge in [-0.3, -0.25) is 9.78 Å². The van der Waals surface area contributed by atoms with Crippen molar-refractivity contribution in [2.45, 2.75) is 25.7 Å². The van der Waals surface area contributed by atoms with Gasteiger partial charge in [-0.1, -0.05) is 24.4 Å². The lowest BCUT2D eigenvalue weighted by atomic mass is 10.1. The Bertz CT molecular complexity index is 363. The summed E-state index contributed by atoms with van der Waals surface area (Å²) in [6, 6.07) is 0. The average molecular weight is 226 g/mol. The third-order valence-electron chi connectivity index (χ3n) is 2.58. The van der Waals surface area contributed by atoms with Crippen LogP contribution in [0.15, 0.2) is 12.4 Å². The smallest absolute Gasteiger partial charge is 0.228 e. The molecule has 0 saturated heterocycles. The first kappa shape index (κ1) is 10.4. The molecule has 0 aromatic carbocycles. The molecule has 1 saturated carbocycles. The second-order valence-corrected chi connectivity index (χ2v) is 4.08. The maximum Gasteiger partial charge on any atom is 0.228 e. The van der Waals surface area contributed by atoms with Crippen molar-refractivity contribution in [1.29, 1.82) is 0 Å². The normalized spacial score (nSPS) is 16.6. The highest BCUT2D eigenvalue weighted by atomic mass is 35.5. The van der Waals surface area contributed by atoms with E-state index in [-0.39, 0.29) is 11.8 Å². The van der Waals surface area contributed by atoms with Crippen molar-refractivity contribution >= 4 is 23.3 Å². The van der Waals surface area contributed by atoms with E-state index in [0.717, 1.165) is 25.7 Å². The number of nitrogens with zero attached hydrogens (tertiary/aromatic N) is 2. The van der Waals surface area contributed by atoms with Crippen molar-refractivity contribution in [2.75, 3.05) is 5.32 Å². The maximum absolute atomic E-state index is 11.7. The highest BCUT2D eigenvalue weighted by Gasteiger charge is 2.22. The van der Waals surface area contributed by atoms with E-state index < -0.39 is 0 Å². The highest BCUT2D eigenvalue weighted by molar-refractivity contribution is 6.29. The van der Waals surface area contributed by atoms with Gasteiger partial charge in [0.2, 0.25) is 5.91 Å². The molecule has 5 heteroatoms. The van der Waals surface area contributed by atoms with Crippen LogP contribution in [-0.2, 0) is 4.79 Å². The molecule has 1 N–H and O–H groups in total. The van der Waals surface area contributed by atoms with E-state index in [0.29, 0.717) is 11.0 Å². The van der Waals surface area contributed by atoms with Crippen molar-refractivity contribution < 1.29 is 4.79 Å². The third-order valence-corrected chi connectivity index (χ3v) is 2.76. The Balaban J connectivity index is 1.99. The number of anilines is 1. The molecule has 1 aliphatic rings. The Hall–Kier alpha value is -1.16. The molecule has 4 nitrogen and oxygen atoms in total. The van der Waals surface area contributed by atoms with Gasteiger partial charge >= 0.3 is 0 Å². The zero-order chi connectivity index (χ0) is 10.7. The molecule has 0 unspecified atom stereocenters. The zero-order valence-corrected chi connectivity index (χ0v) is 9.00. The molecule has 1 aliphatic carbocycles. The Labute approximate surface area is 93.1 Å². The molecule has 0 aliphatic heterocycles. The SMILES string of the molecule is O=C(Nc1cncc(Cl)n1)C1CCCC1. The standard InChI is InChI=1S/C10H12ClN3O/c11-8-5-12-6-9(13-8)14-10(15)7-3-1-2-4-7/h5-7H,1-4H2,(H,13,14,15). The molecular formula is C10H12ClN3O. The van der Waals surface area contributed by atoms with E-state index in [1.807, 2.05) is 0 Å². The fraction of sp³-hybridized carbons (Fsp3) is 0.500. The van der Waals surface area contributed by atoms with Crippen LogP contribution < -0.4 is 5.32 Å². The van der Waals surface area contributed by atoms with E-state index in [1.54, 1.807) is 0 Å². The fourth-order valence-corrected chi connectivity index (χ4v) is 1.97. The number of carbonyl (C=O) groups excluding carboxylic acids is 1. The molecule has 1 heterocycles. The van der Waals surface area contributed by atoms with E-state index in [2.05, 4.69) is 15.3 Å². The molecule has 0 radical (unpaired) electrons. The highest BCUT2D eigenvalue weighted by Crippen LogP contribution is 2.25. The van der Waals surface area contributed by atoms with Crippen molar-refractivity contribution in [3.63, 3.8) is 0 Å². The largest absolute Gasteiger partial charge is 0.309 e. The number of halogens is 1. The minimum atomic E-state index is 0.0315. The number of rotatable bonds is 2. The summed E-state index contributed by atoms with van der Waals surface area (Å²) in [6.07, 6.45) is 7.16. The van der Waals surface area contributed by atoms with E-state index in [4.69, 9.17) is 11.6 Å². The summed E-state index contributed by atoms with van der Waals surface area (Å²) in [6.45, 7) is 0.